The number of likely N-dealkylation sites (N-methyl/N-ethyl adjacent to an activating group) is 1. The van der Waals surface area contributed by atoms with Gasteiger partial charge < -0.3 is 24.4 Å². The maximum atomic E-state index is 12.7. The highest BCUT2D eigenvalue weighted by molar-refractivity contribution is 14.0. The Labute approximate surface area is 202 Å². The minimum absolute atomic E-state index is 0. The molecular weight excluding hydrogens is 535 g/mol. The van der Waals surface area contributed by atoms with Gasteiger partial charge in [-0.25, -0.2) is 8.42 Å². The monoisotopic (exact) mass is 570 g/mol. The Hall–Kier alpha value is -0.960. The molecule has 2 aliphatic heterocycles. The summed E-state index contributed by atoms with van der Waals surface area (Å²) in [6.45, 7) is 7.07. The summed E-state index contributed by atoms with van der Waals surface area (Å²) in [5.74, 6) is 0.712. The molecule has 0 radical (unpaired) electrons. The van der Waals surface area contributed by atoms with Crippen molar-refractivity contribution in [3.8, 4) is 0 Å². The summed E-state index contributed by atoms with van der Waals surface area (Å²) in [6.07, 6.45) is 3.30. The molecule has 0 bridgehead atoms. The first kappa shape index (κ1) is 26.3. The standard InChI is InChI=1S/C19H34N6O4S.HI/c1-4-20-18(21-16-19(23(2)3)6-13-28-14-7-19)24-8-10-25(11-9-24)30(26,27)15-17-5-12-29-22-17;/h5,12H,4,6-11,13-16H2,1-3H3,(H,20,21);1H. The van der Waals surface area contributed by atoms with E-state index in [2.05, 4.69) is 34.4 Å². The minimum atomic E-state index is -3.41. The zero-order chi connectivity index (χ0) is 21.6. The van der Waals surface area contributed by atoms with E-state index in [1.807, 2.05) is 6.92 Å². The van der Waals surface area contributed by atoms with Gasteiger partial charge in [0, 0.05) is 57.5 Å². The molecule has 2 fully saturated rings. The molecule has 2 aliphatic rings. The van der Waals surface area contributed by atoms with E-state index in [9.17, 15) is 8.42 Å². The zero-order valence-corrected chi connectivity index (χ0v) is 21.8. The first-order chi connectivity index (χ1) is 14.4. The van der Waals surface area contributed by atoms with Gasteiger partial charge in [0.2, 0.25) is 10.0 Å². The van der Waals surface area contributed by atoms with E-state index in [1.165, 1.54) is 10.6 Å². The number of ether oxygens (including phenoxy) is 1. The SMILES string of the molecule is CCNC(=NCC1(N(C)C)CCOCC1)N1CCN(S(=O)(=O)Cc2ccon2)CC1.I. The second-order valence-electron chi connectivity index (χ2n) is 8.03. The van der Waals surface area contributed by atoms with Crippen LogP contribution in [-0.4, -0.2) is 106 Å². The summed E-state index contributed by atoms with van der Waals surface area (Å²) >= 11 is 0. The molecule has 178 valence electrons. The minimum Gasteiger partial charge on any atom is -0.381 e. The first-order valence-corrected chi connectivity index (χ1v) is 12.1. The number of aliphatic imine (C=N–C) groups is 1. The summed E-state index contributed by atoms with van der Waals surface area (Å²) in [5, 5.41) is 7.09. The van der Waals surface area contributed by atoms with Crippen LogP contribution in [-0.2, 0) is 20.5 Å². The van der Waals surface area contributed by atoms with Gasteiger partial charge in [0.1, 0.15) is 12.0 Å². The molecule has 0 aliphatic carbocycles. The van der Waals surface area contributed by atoms with Crippen molar-refractivity contribution >= 4 is 40.0 Å². The van der Waals surface area contributed by atoms with Crippen molar-refractivity contribution in [2.75, 3.05) is 66.6 Å². The number of guanidine groups is 1. The molecule has 0 saturated carbocycles. The smallest absolute Gasteiger partial charge is 0.220 e. The molecule has 3 heterocycles. The summed E-state index contributed by atoms with van der Waals surface area (Å²) in [4.78, 5) is 9.35. The van der Waals surface area contributed by atoms with Gasteiger partial charge in [-0.15, -0.1) is 24.0 Å². The van der Waals surface area contributed by atoms with E-state index >= 15 is 0 Å². The zero-order valence-electron chi connectivity index (χ0n) is 18.6. The number of rotatable bonds is 7. The second-order valence-corrected chi connectivity index (χ2v) is 10.0. The van der Waals surface area contributed by atoms with Crippen molar-refractivity contribution in [2.24, 2.45) is 4.99 Å². The Morgan fingerprint density at radius 1 is 1.26 bits per heavy atom. The lowest BCUT2D eigenvalue weighted by Crippen LogP contribution is -2.55. The van der Waals surface area contributed by atoms with Crippen molar-refractivity contribution in [1.82, 2.24) is 24.6 Å². The topological polar surface area (TPSA) is 104 Å². The van der Waals surface area contributed by atoms with Gasteiger partial charge in [-0.1, -0.05) is 5.16 Å². The molecule has 0 spiro atoms. The molecule has 10 nitrogen and oxygen atoms in total. The van der Waals surface area contributed by atoms with Crippen LogP contribution in [0.4, 0.5) is 0 Å². The highest BCUT2D eigenvalue weighted by Gasteiger charge is 2.35. The predicted octanol–water partition coefficient (Wildman–Crippen LogP) is 0.816. The van der Waals surface area contributed by atoms with Gasteiger partial charge in [-0.05, 0) is 33.9 Å². The summed E-state index contributed by atoms with van der Waals surface area (Å²) in [6, 6.07) is 1.58. The van der Waals surface area contributed by atoms with Crippen LogP contribution in [0.25, 0.3) is 0 Å². The number of hydrogen-bond donors (Lipinski definition) is 1. The van der Waals surface area contributed by atoms with Crippen LogP contribution in [0, 0.1) is 0 Å². The third-order valence-electron chi connectivity index (χ3n) is 5.98. The van der Waals surface area contributed by atoms with Gasteiger partial charge in [-0.3, -0.25) is 4.99 Å². The number of aromatic nitrogens is 1. The lowest BCUT2D eigenvalue weighted by atomic mass is 9.89. The van der Waals surface area contributed by atoms with E-state index in [-0.39, 0.29) is 35.3 Å². The van der Waals surface area contributed by atoms with Crippen molar-refractivity contribution < 1.29 is 17.7 Å². The Balaban J connectivity index is 0.00000341. The van der Waals surface area contributed by atoms with Gasteiger partial charge in [-0.2, -0.15) is 4.31 Å². The van der Waals surface area contributed by atoms with Crippen LogP contribution in [0.3, 0.4) is 0 Å². The van der Waals surface area contributed by atoms with Crippen molar-refractivity contribution in [2.45, 2.75) is 31.1 Å². The molecule has 0 aromatic carbocycles. The molecule has 1 N–H and O–H groups in total. The number of halogens is 1. The highest BCUT2D eigenvalue weighted by atomic mass is 127. The maximum Gasteiger partial charge on any atom is 0.220 e. The Bertz CT molecular complexity index is 788. The summed E-state index contributed by atoms with van der Waals surface area (Å²) in [5.41, 5.74) is 0.430. The molecule has 2 saturated heterocycles. The van der Waals surface area contributed by atoms with E-state index in [0.717, 1.165) is 38.6 Å². The second kappa shape index (κ2) is 11.8. The molecule has 1 aromatic heterocycles. The molecule has 0 amide bonds. The van der Waals surface area contributed by atoms with E-state index in [0.29, 0.717) is 38.4 Å². The number of nitrogens with zero attached hydrogens (tertiary/aromatic N) is 5. The van der Waals surface area contributed by atoms with Crippen LogP contribution in [0.2, 0.25) is 0 Å². The third kappa shape index (κ3) is 6.76. The summed E-state index contributed by atoms with van der Waals surface area (Å²) in [7, 11) is 0.792. The van der Waals surface area contributed by atoms with Crippen LogP contribution in [0.15, 0.2) is 21.8 Å². The average Bonchev–Trinajstić information content (AvgIpc) is 3.24. The lowest BCUT2D eigenvalue weighted by molar-refractivity contribution is -0.00266. The quantitative estimate of drug-likeness (QED) is 0.292. The fraction of sp³-hybridized carbons (Fsp3) is 0.789. The lowest BCUT2D eigenvalue weighted by Gasteiger charge is -2.42. The number of piperazine rings is 1. The van der Waals surface area contributed by atoms with Gasteiger partial charge in [0.25, 0.3) is 0 Å². The maximum absolute atomic E-state index is 12.7. The summed E-state index contributed by atoms with van der Waals surface area (Å²) < 4.78 is 37.2. The Morgan fingerprint density at radius 3 is 2.48 bits per heavy atom. The predicted molar refractivity (Wildman–Crippen MR) is 130 cm³/mol. The number of hydrogen-bond acceptors (Lipinski definition) is 7. The molecule has 0 atom stereocenters. The van der Waals surface area contributed by atoms with Gasteiger partial charge in [0.15, 0.2) is 5.96 Å². The highest BCUT2D eigenvalue weighted by Crippen LogP contribution is 2.26. The molecule has 31 heavy (non-hydrogen) atoms. The molecular formula is C19H35IN6O4S. The van der Waals surface area contributed by atoms with Crippen LogP contribution >= 0.6 is 24.0 Å². The van der Waals surface area contributed by atoms with Gasteiger partial charge >= 0.3 is 0 Å². The van der Waals surface area contributed by atoms with Crippen molar-refractivity contribution in [3.05, 3.63) is 18.0 Å². The largest absolute Gasteiger partial charge is 0.381 e. The van der Waals surface area contributed by atoms with Crippen LogP contribution < -0.4 is 5.32 Å². The Morgan fingerprint density at radius 2 is 1.94 bits per heavy atom. The van der Waals surface area contributed by atoms with Gasteiger partial charge in [0.05, 0.1) is 12.2 Å². The fourth-order valence-electron chi connectivity index (χ4n) is 3.91. The molecule has 0 unspecified atom stereocenters. The van der Waals surface area contributed by atoms with E-state index < -0.39 is 10.0 Å². The number of sulfonamides is 1. The first-order valence-electron chi connectivity index (χ1n) is 10.5. The normalized spacial score (nSPS) is 20.5. The molecule has 3 rings (SSSR count). The third-order valence-corrected chi connectivity index (χ3v) is 7.80. The van der Waals surface area contributed by atoms with Crippen LogP contribution in [0.1, 0.15) is 25.5 Å². The van der Waals surface area contributed by atoms with E-state index in [1.54, 1.807) is 6.07 Å². The Kier molecular flexibility index (Phi) is 9.98. The molecule has 1 aromatic rings. The van der Waals surface area contributed by atoms with E-state index in [4.69, 9.17) is 14.3 Å². The average molecular weight is 570 g/mol. The molecule has 12 heteroatoms. The fourth-order valence-corrected chi connectivity index (χ4v) is 5.34. The van der Waals surface area contributed by atoms with Crippen molar-refractivity contribution in [1.29, 1.82) is 0 Å². The van der Waals surface area contributed by atoms with Crippen molar-refractivity contribution in [3.63, 3.8) is 0 Å². The van der Waals surface area contributed by atoms with Crippen LogP contribution in [0.5, 0.6) is 0 Å². The number of nitrogens with one attached hydrogen (secondary N) is 1.